The Morgan fingerprint density at radius 3 is 3.04 bits per heavy atom. The van der Waals surface area contributed by atoms with Gasteiger partial charge < -0.3 is 9.42 Å². The Morgan fingerprint density at radius 1 is 1.35 bits per heavy atom. The minimum atomic E-state index is 0.0756. The van der Waals surface area contributed by atoms with E-state index in [1.165, 1.54) is 0 Å². The van der Waals surface area contributed by atoms with Crippen LogP contribution in [0, 0.1) is 5.92 Å². The van der Waals surface area contributed by atoms with Gasteiger partial charge in [-0.15, -0.1) is 0 Å². The van der Waals surface area contributed by atoms with E-state index in [1.54, 1.807) is 11.3 Å². The quantitative estimate of drug-likeness (QED) is 0.602. The third kappa shape index (κ3) is 3.73. The molecule has 3 heterocycles. The summed E-state index contributed by atoms with van der Waals surface area (Å²) in [6.45, 7) is 1.51. The molecule has 4 rings (SSSR count). The number of rotatable bonds is 4. The molecule has 0 spiro atoms. The zero-order valence-corrected chi connectivity index (χ0v) is 16.5. The third-order valence-electron chi connectivity index (χ3n) is 4.62. The van der Waals surface area contributed by atoms with Gasteiger partial charge in [-0.1, -0.05) is 17.3 Å². The minimum Gasteiger partial charge on any atom is -0.339 e. The number of hydrogen-bond acceptors (Lipinski definition) is 5. The highest BCUT2D eigenvalue weighted by molar-refractivity contribution is 9.10. The first kappa shape index (κ1) is 17.4. The largest absolute Gasteiger partial charge is 0.339 e. The van der Waals surface area contributed by atoms with Crippen LogP contribution in [0.5, 0.6) is 0 Å². The molecule has 26 heavy (non-hydrogen) atoms. The molecule has 134 valence electrons. The van der Waals surface area contributed by atoms with Crippen molar-refractivity contribution in [1.82, 2.24) is 15.0 Å². The summed E-state index contributed by atoms with van der Waals surface area (Å²) in [7, 11) is 0. The van der Waals surface area contributed by atoms with Crippen molar-refractivity contribution in [3.8, 4) is 11.4 Å². The maximum absolute atomic E-state index is 12.8. The molecular formula is C19H18BrN3O2S. The molecule has 0 N–H and O–H groups in total. The van der Waals surface area contributed by atoms with E-state index in [-0.39, 0.29) is 5.91 Å². The minimum absolute atomic E-state index is 0.0756. The van der Waals surface area contributed by atoms with Crippen molar-refractivity contribution in [3.63, 3.8) is 0 Å². The van der Waals surface area contributed by atoms with E-state index in [0.717, 1.165) is 36.0 Å². The number of likely N-dealkylation sites (tertiary alicyclic amines) is 1. The Labute approximate surface area is 164 Å². The smallest absolute Gasteiger partial charge is 0.255 e. The monoisotopic (exact) mass is 431 g/mol. The van der Waals surface area contributed by atoms with E-state index < -0.39 is 0 Å². The molecule has 1 aliphatic rings. The highest BCUT2D eigenvalue weighted by Gasteiger charge is 2.27. The Morgan fingerprint density at radius 2 is 2.23 bits per heavy atom. The van der Waals surface area contributed by atoms with Gasteiger partial charge in [0, 0.05) is 34.9 Å². The van der Waals surface area contributed by atoms with E-state index in [0.29, 0.717) is 29.6 Å². The number of nitrogens with zero attached hydrogens (tertiary/aromatic N) is 3. The maximum Gasteiger partial charge on any atom is 0.255 e. The van der Waals surface area contributed by atoms with Crippen molar-refractivity contribution in [3.05, 3.63) is 57.0 Å². The van der Waals surface area contributed by atoms with E-state index >= 15 is 0 Å². The number of piperidine rings is 1. The first-order valence-corrected chi connectivity index (χ1v) is 10.3. The van der Waals surface area contributed by atoms with Crippen molar-refractivity contribution in [2.24, 2.45) is 5.92 Å². The second-order valence-electron chi connectivity index (χ2n) is 6.47. The van der Waals surface area contributed by atoms with Crippen molar-refractivity contribution in [2.45, 2.75) is 19.3 Å². The summed E-state index contributed by atoms with van der Waals surface area (Å²) in [4.78, 5) is 19.3. The van der Waals surface area contributed by atoms with E-state index in [1.807, 2.05) is 46.0 Å². The first-order valence-electron chi connectivity index (χ1n) is 8.59. The molecular weight excluding hydrogens is 414 g/mol. The molecule has 1 amide bonds. The summed E-state index contributed by atoms with van der Waals surface area (Å²) in [5, 5.41) is 8.08. The molecule has 0 aliphatic carbocycles. The van der Waals surface area contributed by atoms with Crippen LogP contribution < -0.4 is 0 Å². The number of halogens is 1. The highest BCUT2D eigenvalue weighted by Crippen LogP contribution is 2.25. The van der Waals surface area contributed by atoms with Gasteiger partial charge in [0.05, 0.1) is 5.56 Å². The molecule has 3 aromatic rings. The van der Waals surface area contributed by atoms with Crippen LogP contribution in [0.2, 0.25) is 0 Å². The lowest BCUT2D eigenvalue weighted by atomic mass is 9.94. The Balaban J connectivity index is 1.42. The van der Waals surface area contributed by atoms with Crippen LogP contribution in [0.4, 0.5) is 0 Å². The molecule has 1 aliphatic heterocycles. The van der Waals surface area contributed by atoms with Crippen molar-refractivity contribution < 1.29 is 9.32 Å². The summed E-state index contributed by atoms with van der Waals surface area (Å²) >= 11 is 5.09. The molecule has 2 aromatic heterocycles. The fourth-order valence-electron chi connectivity index (χ4n) is 3.31. The Hall–Kier alpha value is -1.99. The van der Waals surface area contributed by atoms with Crippen LogP contribution in [0.1, 0.15) is 29.1 Å². The number of amides is 1. The zero-order chi connectivity index (χ0) is 17.9. The molecule has 1 atom stereocenters. The summed E-state index contributed by atoms with van der Waals surface area (Å²) in [6, 6.07) is 9.56. The van der Waals surface area contributed by atoms with E-state index in [2.05, 4.69) is 26.1 Å². The molecule has 5 nitrogen and oxygen atoms in total. The fourth-order valence-corrected chi connectivity index (χ4v) is 4.40. The first-order chi connectivity index (χ1) is 12.7. The lowest BCUT2D eigenvalue weighted by Gasteiger charge is -2.32. The number of carbonyl (C=O) groups excluding carboxylic acids is 1. The molecule has 1 unspecified atom stereocenters. The second kappa shape index (κ2) is 7.72. The predicted molar refractivity (Wildman–Crippen MR) is 104 cm³/mol. The average molecular weight is 432 g/mol. The van der Waals surface area contributed by atoms with Gasteiger partial charge in [0.15, 0.2) is 0 Å². The van der Waals surface area contributed by atoms with Crippen molar-refractivity contribution >= 4 is 33.2 Å². The Bertz CT molecular complexity index is 894. The topological polar surface area (TPSA) is 59.2 Å². The molecule has 0 radical (unpaired) electrons. The highest BCUT2D eigenvalue weighted by atomic mass is 79.9. The standard InChI is InChI=1S/C19H18BrN3O2S/c20-16-6-2-1-5-15(16)19(24)23-8-3-4-13(11-23)10-17-21-18(22-25-17)14-7-9-26-12-14/h1-2,5-7,9,12-13H,3-4,8,10-11H2. The molecule has 1 saturated heterocycles. The van der Waals surface area contributed by atoms with Crippen molar-refractivity contribution in [2.75, 3.05) is 13.1 Å². The number of hydrogen-bond donors (Lipinski definition) is 0. The molecule has 7 heteroatoms. The van der Waals surface area contributed by atoms with Gasteiger partial charge in [-0.25, -0.2) is 0 Å². The molecule has 0 bridgehead atoms. The molecule has 0 saturated carbocycles. The average Bonchev–Trinajstić information content (AvgIpc) is 3.33. The van der Waals surface area contributed by atoms with E-state index in [9.17, 15) is 4.79 Å². The summed E-state index contributed by atoms with van der Waals surface area (Å²) in [6.07, 6.45) is 2.76. The van der Waals surface area contributed by atoms with Crippen LogP contribution in [0.15, 0.2) is 50.1 Å². The SMILES string of the molecule is O=C(c1ccccc1Br)N1CCCC(Cc2nc(-c3ccsc3)no2)C1. The van der Waals surface area contributed by atoms with Gasteiger partial charge in [0.2, 0.25) is 11.7 Å². The summed E-state index contributed by atoms with van der Waals surface area (Å²) in [5.41, 5.74) is 1.70. The lowest BCUT2D eigenvalue weighted by Crippen LogP contribution is -2.40. The lowest BCUT2D eigenvalue weighted by molar-refractivity contribution is 0.0667. The summed E-state index contributed by atoms with van der Waals surface area (Å²) < 4.78 is 6.26. The Kier molecular flexibility index (Phi) is 5.17. The van der Waals surface area contributed by atoms with Crippen LogP contribution in [-0.4, -0.2) is 34.0 Å². The van der Waals surface area contributed by atoms with Crippen LogP contribution in [0.3, 0.4) is 0 Å². The van der Waals surface area contributed by atoms with Crippen molar-refractivity contribution in [1.29, 1.82) is 0 Å². The third-order valence-corrected chi connectivity index (χ3v) is 6.00. The van der Waals surface area contributed by atoms with Gasteiger partial charge in [0.1, 0.15) is 0 Å². The van der Waals surface area contributed by atoms with Gasteiger partial charge in [-0.2, -0.15) is 16.3 Å². The van der Waals surface area contributed by atoms with Gasteiger partial charge in [-0.3, -0.25) is 4.79 Å². The zero-order valence-electron chi connectivity index (χ0n) is 14.1. The fraction of sp³-hybridized carbons (Fsp3) is 0.316. The van der Waals surface area contributed by atoms with Crippen LogP contribution in [0.25, 0.3) is 11.4 Å². The predicted octanol–water partition coefficient (Wildman–Crippen LogP) is 4.66. The summed E-state index contributed by atoms with van der Waals surface area (Å²) in [5.74, 6) is 1.70. The maximum atomic E-state index is 12.8. The molecule has 1 fully saturated rings. The van der Waals surface area contributed by atoms with Crippen LogP contribution in [-0.2, 0) is 6.42 Å². The number of thiophene rings is 1. The van der Waals surface area contributed by atoms with E-state index in [4.69, 9.17) is 4.52 Å². The van der Waals surface area contributed by atoms with Gasteiger partial charge in [0.25, 0.3) is 5.91 Å². The molecule has 1 aromatic carbocycles. The normalized spacial score (nSPS) is 17.4. The number of carbonyl (C=O) groups is 1. The number of benzene rings is 1. The van der Waals surface area contributed by atoms with Gasteiger partial charge >= 0.3 is 0 Å². The second-order valence-corrected chi connectivity index (χ2v) is 8.10. The van der Waals surface area contributed by atoms with Gasteiger partial charge in [-0.05, 0) is 58.3 Å². The number of aromatic nitrogens is 2. The van der Waals surface area contributed by atoms with Crippen LogP contribution >= 0.6 is 27.3 Å².